The van der Waals surface area contributed by atoms with E-state index in [4.69, 9.17) is 0 Å². The first-order valence-electron chi connectivity index (χ1n) is 11.5. The van der Waals surface area contributed by atoms with Crippen LogP contribution in [0.25, 0.3) is 0 Å². The van der Waals surface area contributed by atoms with E-state index in [1.165, 1.54) is 6.07 Å². The predicted molar refractivity (Wildman–Crippen MR) is 125 cm³/mol. The van der Waals surface area contributed by atoms with Gasteiger partial charge in [-0.1, -0.05) is 16.7 Å². The summed E-state index contributed by atoms with van der Waals surface area (Å²) in [7, 11) is 0. The first-order chi connectivity index (χ1) is 16.4. The molecule has 0 saturated heterocycles. The fraction of sp³-hybridized carbons (Fsp3) is 0.435. The summed E-state index contributed by atoms with van der Waals surface area (Å²) in [5.74, 6) is 0.941. The summed E-state index contributed by atoms with van der Waals surface area (Å²) >= 11 is 0. The molecule has 0 spiro atoms. The smallest absolute Gasteiger partial charge is 0.271 e. The number of aromatic nitrogens is 2. The average molecular weight is 468 g/mol. The standard InChI is InChI=1S/C23H30N8O3/c1-14-10-17(11-20(25-14)23(34)24-12-19-4-3-5-21(33)27-19)22-28-30-31(29-22)13-16-6-8-18(9-7-16)26-15(2)32/h3-5,10-11,16,18,30H,6-9,12-13H2,1-2H3,(H,24,34)(H,26,32)(H,27,33)(H,28,29)/p+1. The zero-order valence-corrected chi connectivity index (χ0v) is 19.4. The Kier molecular flexibility index (Phi) is 7.33. The molecule has 3 heterocycles. The second kappa shape index (κ2) is 10.6. The summed E-state index contributed by atoms with van der Waals surface area (Å²) in [6.45, 7) is 4.38. The van der Waals surface area contributed by atoms with Gasteiger partial charge in [-0.3, -0.25) is 14.4 Å². The summed E-state index contributed by atoms with van der Waals surface area (Å²) in [6, 6.07) is 8.69. The Morgan fingerprint density at radius 1 is 1.21 bits per heavy atom. The molecule has 1 aliphatic carbocycles. The topological polar surface area (TPSA) is 148 Å². The van der Waals surface area contributed by atoms with Crippen molar-refractivity contribution in [3.63, 3.8) is 0 Å². The number of nitrogens with one attached hydrogen (secondary N) is 4. The number of H-pyrrole nitrogens is 1. The van der Waals surface area contributed by atoms with E-state index in [0.29, 0.717) is 23.0 Å². The summed E-state index contributed by atoms with van der Waals surface area (Å²) in [6.07, 6.45) is 4.05. The highest BCUT2D eigenvalue weighted by atomic mass is 16.2. The van der Waals surface area contributed by atoms with Crippen molar-refractivity contribution in [2.75, 3.05) is 6.54 Å². The molecule has 11 heteroatoms. The van der Waals surface area contributed by atoms with Gasteiger partial charge in [-0.25, -0.2) is 4.98 Å². The highest BCUT2D eigenvalue weighted by molar-refractivity contribution is 5.97. The molecule has 0 radical (unpaired) electrons. The lowest BCUT2D eigenvalue weighted by molar-refractivity contribution is -0.619. The molecule has 180 valence electrons. The van der Waals surface area contributed by atoms with Gasteiger partial charge in [0.1, 0.15) is 5.69 Å². The first kappa shape index (κ1) is 23.6. The van der Waals surface area contributed by atoms with Crippen molar-refractivity contribution >= 4 is 17.6 Å². The van der Waals surface area contributed by atoms with Crippen LogP contribution in [-0.2, 0) is 11.3 Å². The molecule has 4 rings (SSSR count). The number of amidine groups is 1. The molecule has 0 atom stereocenters. The number of hydrazone groups is 1. The maximum Gasteiger partial charge on any atom is 0.271 e. The minimum atomic E-state index is -0.325. The highest BCUT2D eigenvalue weighted by Gasteiger charge is 2.27. The summed E-state index contributed by atoms with van der Waals surface area (Å²) in [5.41, 5.74) is 7.23. The zero-order chi connectivity index (χ0) is 24.1. The Bertz CT molecular complexity index is 1140. The SMILES string of the molecule is CC(=O)NC1CCC(CN2N=C(c3cc(C)nc(C(=O)NCc4cccc(=O)[nH]4)c3)[NH2+]N2)CC1. The van der Waals surface area contributed by atoms with Crippen molar-refractivity contribution in [3.05, 3.63) is 63.3 Å². The Balaban J connectivity index is 1.36. The number of nitrogens with zero attached hydrogens (tertiary/aromatic N) is 3. The van der Waals surface area contributed by atoms with E-state index >= 15 is 0 Å². The van der Waals surface area contributed by atoms with Gasteiger partial charge in [0.2, 0.25) is 11.5 Å². The molecule has 1 saturated carbocycles. The van der Waals surface area contributed by atoms with E-state index in [1.54, 1.807) is 25.1 Å². The number of quaternary nitrogens is 1. The van der Waals surface area contributed by atoms with Gasteiger partial charge in [-0.15, -0.1) is 0 Å². The molecular formula is C23H31N8O3+. The van der Waals surface area contributed by atoms with Gasteiger partial charge in [0, 0.05) is 30.4 Å². The lowest BCUT2D eigenvalue weighted by Crippen LogP contribution is -2.95. The number of amides is 2. The van der Waals surface area contributed by atoms with Crippen LogP contribution in [0.2, 0.25) is 0 Å². The summed E-state index contributed by atoms with van der Waals surface area (Å²) < 4.78 is 0. The van der Waals surface area contributed by atoms with Gasteiger partial charge in [-0.05, 0) is 56.7 Å². The lowest BCUT2D eigenvalue weighted by Gasteiger charge is -2.29. The normalized spacial score (nSPS) is 20.1. The molecule has 1 aliphatic heterocycles. The Hall–Kier alpha value is -3.57. The molecule has 0 bridgehead atoms. The molecule has 2 aliphatic rings. The second-order valence-electron chi connectivity index (χ2n) is 8.86. The molecular weight excluding hydrogens is 436 g/mol. The fourth-order valence-electron chi connectivity index (χ4n) is 4.37. The number of nitrogens with two attached hydrogens (primary N) is 1. The van der Waals surface area contributed by atoms with Crippen LogP contribution in [0.3, 0.4) is 0 Å². The van der Waals surface area contributed by atoms with Gasteiger partial charge >= 0.3 is 0 Å². The number of carbonyl (C=O) groups is 2. The Morgan fingerprint density at radius 3 is 2.74 bits per heavy atom. The largest absolute Gasteiger partial charge is 0.354 e. The molecule has 2 amide bonds. The quantitative estimate of drug-likeness (QED) is 0.352. The molecule has 34 heavy (non-hydrogen) atoms. The van der Waals surface area contributed by atoms with Crippen LogP contribution in [0.1, 0.15) is 60.0 Å². The van der Waals surface area contributed by atoms with E-state index < -0.39 is 0 Å². The number of hydrogen-bond donors (Lipinski definition) is 5. The minimum absolute atomic E-state index is 0.0317. The monoisotopic (exact) mass is 467 g/mol. The van der Waals surface area contributed by atoms with Gasteiger partial charge in [-0.2, -0.15) is 10.5 Å². The summed E-state index contributed by atoms with van der Waals surface area (Å²) in [4.78, 5) is 42.4. The molecule has 2 aromatic rings. The van der Waals surface area contributed by atoms with E-state index in [-0.39, 0.29) is 30.0 Å². The van der Waals surface area contributed by atoms with Crippen molar-refractivity contribution in [1.82, 2.24) is 31.3 Å². The van der Waals surface area contributed by atoms with Crippen molar-refractivity contribution in [2.45, 2.75) is 52.1 Å². The molecule has 2 aromatic heterocycles. The third-order valence-corrected chi connectivity index (χ3v) is 6.01. The van der Waals surface area contributed by atoms with Gasteiger partial charge in [0.05, 0.1) is 18.7 Å². The fourth-order valence-corrected chi connectivity index (χ4v) is 4.37. The number of rotatable bonds is 7. The van der Waals surface area contributed by atoms with Crippen molar-refractivity contribution < 1.29 is 15.0 Å². The van der Waals surface area contributed by atoms with Crippen molar-refractivity contribution in [3.8, 4) is 0 Å². The molecule has 11 nitrogen and oxygen atoms in total. The van der Waals surface area contributed by atoms with Crippen LogP contribution in [-0.4, -0.2) is 45.3 Å². The van der Waals surface area contributed by atoms with E-state index in [0.717, 1.165) is 43.6 Å². The van der Waals surface area contributed by atoms with E-state index in [1.807, 2.05) is 23.5 Å². The van der Waals surface area contributed by atoms with E-state index in [2.05, 4.69) is 31.2 Å². The highest BCUT2D eigenvalue weighted by Crippen LogP contribution is 2.25. The van der Waals surface area contributed by atoms with Crippen LogP contribution in [0.5, 0.6) is 0 Å². The lowest BCUT2D eigenvalue weighted by atomic mass is 9.86. The van der Waals surface area contributed by atoms with E-state index in [9.17, 15) is 14.4 Å². The third-order valence-electron chi connectivity index (χ3n) is 6.01. The maximum atomic E-state index is 12.7. The molecule has 1 fully saturated rings. The van der Waals surface area contributed by atoms with Crippen LogP contribution >= 0.6 is 0 Å². The second-order valence-corrected chi connectivity index (χ2v) is 8.86. The molecule has 0 unspecified atom stereocenters. The Labute approximate surface area is 197 Å². The molecule has 6 N–H and O–H groups in total. The average Bonchev–Trinajstić information content (AvgIpc) is 3.27. The van der Waals surface area contributed by atoms with Crippen LogP contribution < -0.4 is 27.2 Å². The predicted octanol–water partition coefficient (Wildman–Crippen LogP) is -0.337. The zero-order valence-electron chi connectivity index (χ0n) is 19.4. The van der Waals surface area contributed by atoms with Crippen molar-refractivity contribution in [1.29, 1.82) is 0 Å². The van der Waals surface area contributed by atoms with Crippen LogP contribution in [0.4, 0.5) is 0 Å². The number of pyridine rings is 2. The number of carbonyl (C=O) groups excluding carboxylic acids is 2. The van der Waals surface area contributed by atoms with Gasteiger partial charge in [0.15, 0.2) is 0 Å². The van der Waals surface area contributed by atoms with Gasteiger partial charge < -0.3 is 15.6 Å². The Morgan fingerprint density at radius 2 is 2.00 bits per heavy atom. The van der Waals surface area contributed by atoms with Gasteiger partial charge in [0.25, 0.3) is 11.7 Å². The van der Waals surface area contributed by atoms with Crippen molar-refractivity contribution in [2.24, 2.45) is 11.0 Å². The number of aromatic amines is 1. The minimum Gasteiger partial charge on any atom is -0.354 e. The maximum absolute atomic E-state index is 12.7. The van der Waals surface area contributed by atoms with Crippen LogP contribution in [0.15, 0.2) is 40.2 Å². The van der Waals surface area contributed by atoms with Crippen LogP contribution in [0, 0.1) is 12.8 Å². The molecule has 0 aromatic carbocycles. The third kappa shape index (κ3) is 6.27. The number of hydrogen-bond acceptors (Lipinski definition) is 7. The summed E-state index contributed by atoms with van der Waals surface area (Å²) in [5, 5.41) is 12.3. The number of hydrazine groups is 1. The number of aryl methyl sites for hydroxylation is 1. The first-order valence-corrected chi connectivity index (χ1v) is 11.5.